The Morgan fingerprint density at radius 1 is 1.21 bits per heavy atom. The van der Waals surface area contributed by atoms with Gasteiger partial charge in [-0.2, -0.15) is 8.78 Å². The number of nitrogens with one attached hydrogen (secondary N) is 2. The van der Waals surface area contributed by atoms with Crippen LogP contribution in [0.25, 0.3) is 0 Å². The Kier molecular flexibility index (Phi) is 6.37. The number of carbonyl (C=O) groups is 1. The molecule has 1 heterocycles. The third-order valence-corrected chi connectivity index (χ3v) is 3.97. The van der Waals surface area contributed by atoms with Gasteiger partial charge in [-0.1, -0.05) is 32.9 Å². The number of aromatic amines is 1. The van der Waals surface area contributed by atoms with Crippen LogP contribution in [0, 0.1) is 5.41 Å². The van der Waals surface area contributed by atoms with Crippen LogP contribution in [0.3, 0.4) is 0 Å². The Morgan fingerprint density at radius 2 is 1.82 bits per heavy atom. The van der Waals surface area contributed by atoms with Gasteiger partial charge in [0, 0.05) is 20.2 Å². The van der Waals surface area contributed by atoms with Gasteiger partial charge in [0.2, 0.25) is 5.95 Å². The number of hydrogen-bond donors (Lipinski definition) is 2. The smallest absolute Gasteiger partial charge is 0.387 e. The number of ether oxygens (including phenoxy) is 1. The van der Waals surface area contributed by atoms with Crippen LogP contribution in [-0.4, -0.2) is 36.6 Å². The molecule has 2 aromatic rings. The first-order chi connectivity index (χ1) is 13.0. The molecule has 152 valence electrons. The minimum Gasteiger partial charge on any atom is -0.435 e. The predicted molar refractivity (Wildman–Crippen MR) is 102 cm³/mol. The lowest BCUT2D eigenvalue weighted by molar-refractivity contribution is -0.0498. The van der Waals surface area contributed by atoms with E-state index in [4.69, 9.17) is 0 Å². The minimum absolute atomic E-state index is 0.0145. The summed E-state index contributed by atoms with van der Waals surface area (Å²) in [5.41, 5.74) is -0.143. The fraction of sp³-hybridized carbons (Fsp3) is 0.421. The zero-order valence-electron chi connectivity index (χ0n) is 16.4. The van der Waals surface area contributed by atoms with Crippen molar-refractivity contribution >= 4 is 11.9 Å². The van der Waals surface area contributed by atoms with Gasteiger partial charge in [-0.05, 0) is 23.1 Å². The number of H-pyrrole nitrogens is 1. The Morgan fingerprint density at radius 3 is 2.32 bits per heavy atom. The number of carbonyl (C=O) groups excluding carboxylic acids is 1. The second-order valence-corrected chi connectivity index (χ2v) is 7.57. The van der Waals surface area contributed by atoms with Gasteiger partial charge in [0.25, 0.3) is 11.5 Å². The number of nitrogens with zero attached hydrogens (tertiary/aromatic N) is 2. The second-order valence-electron chi connectivity index (χ2n) is 7.57. The third-order valence-electron chi connectivity index (χ3n) is 3.97. The van der Waals surface area contributed by atoms with Gasteiger partial charge < -0.3 is 15.0 Å². The molecular weight excluding hydrogens is 370 g/mol. The minimum atomic E-state index is -2.91. The third kappa shape index (κ3) is 5.51. The first kappa shape index (κ1) is 21.3. The Labute approximate surface area is 161 Å². The summed E-state index contributed by atoms with van der Waals surface area (Å²) < 4.78 is 29.0. The molecule has 7 nitrogen and oxygen atoms in total. The number of alkyl halides is 2. The summed E-state index contributed by atoms with van der Waals surface area (Å²) in [6, 6.07) is 6.74. The topological polar surface area (TPSA) is 87.3 Å². The van der Waals surface area contributed by atoms with Crippen molar-refractivity contribution in [3.8, 4) is 5.75 Å². The van der Waals surface area contributed by atoms with E-state index in [2.05, 4.69) is 20.0 Å². The molecule has 0 spiro atoms. The van der Waals surface area contributed by atoms with E-state index in [0.717, 1.165) is 6.07 Å². The fourth-order valence-electron chi connectivity index (χ4n) is 2.62. The number of benzene rings is 1. The maximum absolute atomic E-state index is 12.7. The molecular formula is C19H24F2N4O3. The number of anilines is 1. The molecule has 1 atom stereocenters. The molecule has 0 aliphatic carbocycles. The van der Waals surface area contributed by atoms with Crippen molar-refractivity contribution in [3.63, 3.8) is 0 Å². The van der Waals surface area contributed by atoms with E-state index in [0.29, 0.717) is 5.56 Å². The standard InChI is InChI=1S/C19H24F2N4O3/c1-19(2,3)15(11-6-8-12(9-7-11)28-17(20)21)24-16(27)13-10-14(26)23-18(22-13)25(4)5/h6-10,15,17H,1-5H3,(H,24,27)(H,22,23,26). The van der Waals surface area contributed by atoms with Crippen LogP contribution in [0.4, 0.5) is 14.7 Å². The zero-order chi connectivity index (χ0) is 21.1. The zero-order valence-corrected chi connectivity index (χ0v) is 16.4. The van der Waals surface area contributed by atoms with Crippen LogP contribution < -0.4 is 20.5 Å². The SMILES string of the molecule is CN(C)c1nc(C(=O)NC(c2ccc(OC(F)F)cc2)C(C)(C)C)cc(=O)[nH]1. The van der Waals surface area contributed by atoms with Crippen LogP contribution in [0.2, 0.25) is 0 Å². The van der Waals surface area contributed by atoms with Crippen LogP contribution in [0.15, 0.2) is 35.1 Å². The molecule has 2 rings (SSSR count). The maximum atomic E-state index is 12.7. The van der Waals surface area contributed by atoms with Crippen molar-refractivity contribution in [1.29, 1.82) is 0 Å². The summed E-state index contributed by atoms with van der Waals surface area (Å²) in [7, 11) is 3.39. The second kappa shape index (κ2) is 8.37. The van der Waals surface area contributed by atoms with Crippen molar-refractivity contribution in [3.05, 3.63) is 51.9 Å². The highest BCUT2D eigenvalue weighted by molar-refractivity contribution is 5.92. The largest absolute Gasteiger partial charge is 0.435 e. The van der Waals surface area contributed by atoms with Crippen LogP contribution in [0.5, 0.6) is 5.75 Å². The summed E-state index contributed by atoms with van der Waals surface area (Å²) in [5, 5.41) is 2.88. The van der Waals surface area contributed by atoms with Crippen LogP contribution in [-0.2, 0) is 0 Å². The number of halogens is 2. The molecule has 1 aromatic carbocycles. The normalized spacial score (nSPS) is 12.6. The summed E-state index contributed by atoms with van der Waals surface area (Å²) >= 11 is 0. The van der Waals surface area contributed by atoms with Gasteiger partial charge in [-0.15, -0.1) is 0 Å². The van der Waals surface area contributed by atoms with Gasteiger partial charge in [-0.3, -0.25) is 14.6 Å². The van der Waals surface area contributed by atoms with Crippen LogP contribution >= 0.6 is 0 Å². The summed E-state index contributed by atoms with van der Waals surface area (Å²) in [6.07, 6.45) is 0. The fourth-order valence-corrected chi connectivity index (χ4v) is 2.62. The summed E-state index contributed by atoms with van der Waals surface area (Å²) in [4.78, 5) is 32.9. The molecule has 2 N–H and O–H groups in total. The van der Waals surface area contributed by atoms with E-state index in [1.807, 2.05) is 20.8 Å². The average molecular weight is 394 g/mol. The lowest BCUT2D eigenvalue weighted by atomic mass is 9.82. The molecule has 0 saturated carbocycles. The summed E-state index contributed by atoms with van der Waals surface area (Å²) in [5.74, 6) is -0.217. The highest BCUT2D eigenvalue weighted by Gasteiger charge is 2.29. The molecule has 0 saturated heterocycles. The number of aromatic nitrogens is 2. The van der Waals surface area contributed by atoms with Crippen molar-refractivity contribution in [2.45, 2.75) is 33.4 Å². The monoisotopic (exact) mass is 394 g/mol. The number of amides is 1. The van der Waals surface area contributed by atoms with Crippen molar-refractivity contribution in [2.24, 2.45) is 5.41 Å². The van der Waals surface area contributed by atoms with E-state index in [1.54, 1.807) is 31.1 Å². The highest BCUT2D eigenvalue weighted by Crippen LogP contribution is 2.34. The molecule has 0 aliphatic heterocycles. The number of rotatable bonds is 6. The van der Waals surface area contributed by atoms with Crippen molar-refractivity contribution in [2.75, 3.05) is 19.0 Å². The Hall–Kier alpha value is -2.97. The predicted octanol–water partition coefficient (Wildman–Crippen LogP) is 2.95. The highest BCUT2D eigenvalue weighted by atomic mass is 19.3. The molecule has 0 fully saturated rings. The van der Waals surface area contributed by atoms with Gasteiger partial charge in [0.15, 0.2) is 0 Å². The molecule has 0 bridgehead atoms. The lowest BCUT2D eigenvalue weighted by Crippen LogP contribution is -2.37. The molecule has 9 heteroatoms. The van der Waals surface area contributed by atoms with Gasteiger partial charge in [-0.25, -0.2) is 4.98 Å². The molecule has 0 radical (unpaired) electrons. The van der Waals surface area contributed by atoms with E-state index >= 15 is 0 Å². The average Bonchev–Trinajstić information content (AvgIpc) is 2.58. The Bertz CT molecular complexity index is 874. The first-order valence-corrected chi connectivity index (χ1v) is 8.61. The summed E-state index contributed by atoms with van der Waals surface area (Å²) in [6.45, 7) is 2.88. The van der Waals surface area contributed by atoms with Gasteiger partial charge in [0.05, 0.1) is 6.04 Å². The van der Waals surface area contributed by atoms with Crippen molar-refractivity contribution < 1.29 is 18.3 Å². The quantitative estimate of drug-likeness (QED) is 0.787. The van der Waals surface area contributed by atoms with Crippen LogP contribution in [0.1, 0.15) is 42.9 Å². The first-order valence-electron chi connectivity index (χ1n) is 8.61. The molecule has 1 aromatic heterocycles. The molecule has 1 unspecified atom stereocenters. The molecule has 28 heavy (non-hydrogen) atoms. The Balaban J connectivity index is 2.30. The number of hydrogen-bond acceptors (Lipinski definition) is 5. The van der Waals surface area contributed by atoms with Gasteiger partial charge >= 0.3 is 6.61 Å². The van der Waals surface area contributed by atoms with E-state index in [1.165, 1.54) is 12.1 Å². The van der Waals surface area contributed by atoms with E-state index < -0.39 is 29.5 Å². The van der Waals surface area contributed by atoms with Gasteiger partial charge in [0.1, 0.15) is 11.4 Å². The lowest BCUT2D eigenvalue weighted by Gasteiger charge is -2.32. The van der Waals surface area contributed by atoms with E-state index in [9.17, 15) is 18.4 Å². The van der Waals surface area contributed by atoms with E-state index in [-0.39, 0.29) is 17.4 Å². The molecule has 0 aliphatic rings. The molecule has 1 amide bonds. The van der Waals surface area contributed by atoms with Crippen molar-refractivity contribution in [1.82, 2.24) is 15.3 Å². The maximum Gasteiger partial charge on any atom is 0.387 e.